The second kappa shape index (κ2) is 8.42. The van der Waals surface area contributed by atoms with Gasteiger partial charge in [0.15, 0.2) is 0 Å². The molecule has 0 saturated heterocycles. The molecule has 2 amide bonds. The second-order valence-electron chi connectivity index (χ2n) is 4.76. The van der Waals surface area contributed by atoms with Crippen molar-refractivity contribution in [2.75, 3.05) is 13.7 Å². The van der Waals surface area contributed by atoms with E-state index in [0.717, 1.165) is 0 Å². The van der Waals surface area contributed by atoms with E-state index < -0.39 is 11.7 Å². The molecule has 2 rings (SSSR count). The van der Waals surface area contributed by atoms with E-state index in [1.54, 1.807) is 30.3 Å². The molecule has 0 unspecified atom stereocenters. The first kappa shape index (κ1) is 17.1. The maximum atomic E-state index is 13.0. The molecule has 0 aliphatic heterocycles. The second-order valence-corrected chi connectivity index (χ2v) is 4.76. The molecule has 0 spiro atoms. The maximum Gasteiger partial charge on any atom is 0.259 e. The van der Waals surface area contributed by atoms with Gasteiger partial charge in [-0.1, -0.05) is 12.1 Å². The van der Waals surface area contributed by atoms with Crippen LogP contribution in [0.1, 0.15) is 15.9 Å². The van der Waals surface area contributed by atoms with Crippen molar-refractivity contribution in [2.45, 2.75) is 0 Å². The quantitative estimate of drug-likeness (QED) is 0.625. The number of halogens is 1. The van der Waals surface area contributed by atoms with Crippen molar-refractivity contribution in [2.24, 2.45) is 5.10 Å². The number of nitrogens with zero attached hydrogens (tertiary/aromatic N) is 1. The SMILES string of the molecule is COc1ccc(C(=O)NCC(=O)N/N=C\c2cccc(F)c2)cc1. The molecule has 0 saturated carbocycles. The molecular weight excluding hydrogens is 313 g/mol. The molecule has 0 aromatic heterocycles. The lowest BCUT2D eigenvalue weighted by molar-refractivity contribution is -0.120. The Balaban J connectivity index is 1.78. The zero-order valence-electron chi connectivity index (χ0n) is 13.0. The van der Waals surface area contributed by atoms with Crippen LogP contribution in [-0.2, 0) is 4.79 Å². The Morgan fingerprint density at radius 2 is 1.96 bits per heavy atom. The highest BCUT2D eigenvalue weighted by Crippen LogP contribution is 2.10. The zero-order valence-corrected chi connectivity index (χ0v) is 13.0. The van der Waals surface area contributed by atoms with Crippen molar-refractivity contribution in [3.05, 3.63) is 65.5 Å². The topological polar surface area (TPSA) is 79.8 Å². The average molecular weight is 329 g/mol. The molecule has 124 valence electrons. The van der Waals surface area contributed by atoms with Gasteiger partial charge in [0.2, 0.25) is 0 Å². The minimum atomic E-state index is -0.496. The number of amides is 2. The van der Waals surface area contributed by atoms with Crippen LogP contribution >= 0.6 is 0 Å². The number of carbonyl (C=O) groups excluding carboxylic acids is 2. The summed E-state index contributed by atoms with van der Waals surface area (Å²) in [6.45, 7) is -0.231. The summed E-state index contributed by atoms with van der Waals surface area (Å²) in [5, 5.41) is 6.17. The molecular formula is C17H16FN3O3. The van der Waals surface area contributed by atoms with Gasteiger partial charge in [-0.25, -0.2) is 9.82 Å². The molecule has 0 heterocycles. The summed E-state index contributed by atoms with van der Waals surface area (Å²) < 4.78 is 18.0. The van der Waals surface area contributed by atoms with E-state index in [2.05, 4.69) is 15.8 Å². The number of hydrazone groups is 1. The average Bonchev–Trinajstić information content (AvgIpc) is 2.60. The first-order valence-electron chi connectivity index (χ1n) is 7.08. The van der Waals surface area contributed by atoms with Crippen molar-refractivity contribution >= 4 is 18.0 Å². The Labute approximate surface area is 138 Å². The van der Waals surface area contributed by atoms with Crippen molar-refractivity contribution in [3.63, 3.8) is 0 Å². The van der Waals surface area contributed by atoms with Crippen LogP contribution in [0.4, 0.5) is 4.39 Å². The van der Waals surface area contributed by atoms with Gasteiger partial charge in [-0.05, 0) is 42.0 Å². The van der Waals surface area contributed by atoms with Crippen molar-refractivity contribution in [3.8, 4) is 5.75 Å². The Bertz CT molecular complexity index is 745. The Kier molecular flexibility index (Phi) is 6.01. The first-order valence-corrected chi connectivity index (χ1v) is 7.08. The van der Waals surface area contributed by atoms with Crippen LogP contribution in [0.3, 0.4) is 0 Å². The molecule has 2 N–H and O–H groups in total. The fourth-order valence-corrected chi connectivity index (χ4v) is 1.81. The maximum absolute atomic E-state index is 13.0. The number of hydrogen-bond donors (Lipinski definition) is 2. The summed E-state index contributed by atoms with van der Waals surface area (Å²) in [5.41, 5.74) is 3.17. The minimum absolute atomic E-state index is 0.231. The highest BCUT2D eigenvalue weighted by atomic mass is 19.1. The number of hydrogen-bond acceptors (Lipinski definition) is 4. The largest absolute Gasteiger partial charge is 0.497 e. The molecule has 0 aliphatic rings. The Morgan fingerprint density at radius 3 is 2.62 bits per heavy atom. The van der Waals surface area contributed by atoms with Gasteiger partial charge < -0.3 is 10.1 Å². The highest BCUT2D eigenvalue weighted by molar-refractivity contribution is 5.96. The molecule has 7 heteroatoms. The van der Waals surface area contributed by atoms with Crippen LogP contribution in [-0.4, -0.2) is 31.7 Å². The molecule has 0 atom stereocenters. The normalized spacial score (nSPS) is 10.4. The molecule has 2 aromatic carbocycles. The van der Waals surface area contributed by atoms with Gasteiger partial charge in [0, 0.05) is 5.56 Å². The van der Waals surface area contributed by atoms with Gasteiger partial charge >= 0.3 is 0 Å². The monoisotopic (exact) mass is 329 g/mol. The third kappa shape index (κ3) is 5.20. The number of ether oxygens (including phenoxy) is 1. The number of methoxy groups -OCH3 is 1. The van der Waals surface area contributed by atoms with Gasteiger partial charge in [-0.15, -0.1) is 0 Å². The summed E-state index contributed by atoms with van der Waals surface area (Å²) in [6, 6.07) is 12.3. The van der Waals surface area contributed by atoms with Crippen LogP contribution in [0.25, 0.3) is 0 Å². The molecule has 0 bridgehead atoms. The van der Waals surface area contributed by atoms with E-state index in [0.29, 0.717) is 16.9 Å². The standard InChI is InChI=1S/C17H16FN3O3/c1-24-15-7-5-13(6-8-15)17(23)19-11-16(22)21-20-10-12-3-2-4-14(18)9-12/h2-10H,11H2,1H3,(H,19,23)(H,21,22)/b20-10-. The number of benzene rings is 2. The lowest BCUT2D eigenvalue weighted by Crippen LogP contribution is -2.34. The first-order chi connectivity index (χ1) is 11.6. The molecule has 6 nitrogen and oxygen atoms in total. The fraction of sp³-hybridized carbons (Fsp3) is 0.118. The predicted molar refractivity (Wildman–Crippen MR) is 87.5 cm³/mol. The van der Waals surface area contributed by atoms with Crippen LogP contribution in [0, 0.1) is 5.82 Å². The Hall–Kier alpha value is -3.22. The highest BCUT2D eigenvalue weighted by Gasteiger charge is 2.07. The zero-order chi connectivity index (χ0) is 17.4. The van der Waals surface area contributed by atoms with E-state index in [1.165, 1.54) is 31.5 Å². The van der Waals surface area contributed by atoms with Crippen molar-refractivity contribution in [1.82, 2.24) is 10.7 Å². The third-order valence-corrected chi connectivity index (χ3v) is 3.01. The molecule has 2 aromatic rings. The lowest BCUT2D eigenvalue weighted by atomic mass is 10.2. The van der Waals surface area contributed by atoms with E-state index in [9.17, 15) is 14.0 Å². The van der Waals surface area contributed by atoms with Gasteiger partial charge in [0.1, 0.15) is 11.6 Å². The molecule has 0 radical (unpaired) electrons. The van der Waals surface area contributed by atoms with E-state index in [1.807, 2.05) is 0 Å². The Morgan fingerprint density at radius 1 is 1.21 bits per heavy atom. The van der Waals surface area contributed by atoms with Crippen LogP contribution < -0.4 is 15.5 Å². The van der Waals surface area contributed by atoms with E-state index >= 15 is 0 Å². The third-order valence-electron chi connectivity index (χ3n) is 3.01. The summed E-state index contributed by atoms with van der Waals surface area (Å²) >= 11 is 0. The summed E-state index contributed by atoms with van der Waals surface area (Å²) in [7, 11) is 1.53. The lowest BCUT2D eigenvalue weighted by Gasteiger charge is -2.05. The smallest absolute Gasteiger partial charge is 0.259 e. The van der Waals surface area contributed by atoms with Crippen molar-refractivity contribution < 1.29 is 18.7 Å². The van der Waals surface area contributed by atoms with E-state index in [4.69, 9.17) is 4.74 Å². The fourth-order valence-electron chi connectivity index (χ4n) is 1.81. The number of nitrogens with one attached hydrogen (secondary N) is 2. The minimum Gasteiger partial charge on any atom is -0.497 e. The molecule has 24 heavy (non-hydrogen) atoms. The summed E-state index contributed by atoms with van der Waals surface area (Å²) in [5.74, 6) is -0.639. The van der Waals surface area contributed by atoms with Crippen LogP contribution in [0.2, 0.25) is 0 Å². The summed E-state index contributed by atoms with van der Waals surface area (Å²) in [4.78, 5) is 23.5. The van der Waals surface area contributed by atoms with Gasteiger partial charge in [0.05, 0.1) is 19.9 Å². The van der Waals surface area contributed by atoms with E-state index in [-0.39, 0.29) is 12.5 Å². The van der Waals surface area contributed by atoms with Crippen molar-refractivity contribution in [1.29, 1.82) is 0 Å². The van der Waals surface area contributed by atoms with Crippen LogP contribution in [0.5, 0.6) is 5.75 Å². The summed E-state index contributed by atoms with van der Waals surface area (Å²) in [6.07, 6.45) is 1.31. The number of carbonyl (C=O) groups is 2. The van der Waals surface area contributed by atoms with Gasteiger partial charge in [-0.2, -0.15) is 5.10 Å². The predicted octanol–water partition coefficient (Wildman–Crippen LogP) is 1.71. The number of rotatable bonds is 6. The van der Waals surface area contributed by atoms with Gasteiger partial charge in [-0.3, -0.25) is 9.59 Å². The molecule has 0 fully saturated rings. The van der Waals surface area contributed by atoms with Crippen LogP contribution in [0.15, 0.2) is 53.6 Å². The van der Waals surface area contributed by atoms with Gasteiger partial charge in [0.25, 0.3) is 11.8 Å². The molecule has 0 aliphatic carbocycles.